The van der Waals surface area contributed by atoms with E-state index in [1.165, 1.54) is 0 Å². The highest BCUT2D eigenvalue weighted by Crippen LogP contribution is 2.34. The van der Waals surface area contributed by atoms with Crippen LogP contribution >= 0.6 is 27.5 Å². The van der Waals surface area contributed by atoms with Crippen LogP contribution in [0.3, 0.4) is 0 Å². The van der Waals surface area contributed by atoms with E-state index in [1.54, 1.807) is 0 Å². The normalized spacial score (nSPS) is 10.6. The lowest BCUT2D eigenvalue weighted by atomic mass is 10.1. The first-order valence-electron chi connectivity index (χ1n) is 4.36. The average molecular weight is 287 g/mol. The summed E-state index contributed by atoms with van der Waals surface area (Å²) >= 11 is 9.55. The monoisotopic (exact) mass is 285 g/mol. The average Bonchev–Trinajstić information content (AvgIpc) is 2.53. The predicted octanol–water partition coefficient (Wildman–Crippen LogP) is 3.38. The van der Waals surface area contributed by atoms with E-state index in [4.69, 9.17) is 17.3 Å². The fourth-order valence-electron chi connectivity index (χ4n) is 1.37. The van der Waals surface area contributed by atoms with E-state index in [0.29, 0.717) is 10.8 Å². The molecule has 0 unspecified atom stereocenters. The second kappa shape index (κ2) is 3.87. The minimum absolute atomic E-state index is 0.501. The SMILES string of the molecule is Cc1c(N)n[nH]c1-c1cccc(Br)c1Cl. The van der Waals surface area contributed by atoms with Crippen LogP contribution < -0.4 is 5.73 Å². The van der Waals surface area contributed by atoms with Crippen LogP contribution in [0.15, 0.2) is 22.7 Å². The summed E-state index contributed by atoms with van der Waals surface area (Å²) in [5.41, 5.74) is 8.34. The second-order valence-corrected chi connectivity index (χ2v) is 4.44. The highest BCUT2D eigenvalue weighted by Gasteiger charge is 2.12. The molecule has 0 saturated heterocycles. The van der Waals surface area contributed by atoms with Crippen LogP contribution in [0.1, 0.15) is 5.56 Å². The van der Waals surface area contributed by atoms with Crippen LogP contribution in [0.4, 0.5) is 5.82 Å². The van der Waals surface area contributed by atoms with Gasteiger partial charge in [-0.05, 0) is 28.9 Å². The number of hydrogen-bond acceptors (Lipinski definition) is 2. The van der Waals surface area contributed by atoms with Gasteiger partial charge in [-0.25, -0.2) is 0 Å². The fourth-order valence-corrected chi connectivity index (χ4v) is 1.96. The highest BCUT2D eigenvalue weighted by atomic mass is 79.9. The van der Waals surface area contributed by atoms with Gasteiger partial charge in [-0.3, -0.25) is 5.10 Å². The van der Waals surface area contributed by atoms with Gasteiger partial charge in [0.1, 0.15) is 5.82 Å². The number of rotatable bonds is 1. The third-order valence-corrected chi connectivity index (χ3v) is 3.56. The smallest absolute Gasteiger partial charge is 0.148 e. The maximum atomic E-state index is 6.17. The first kappa shape index (κ1) is 10.5. The van der Waals surface area contributed by atoms with Crippen molar-refractivity contribution in [1.29, 1.82) is 0 Å². The molecule has 0 spiro atoms. The van der Waals surface area contributed by atoms with Crippen molar-refractivity contribution in [3.63, 3.8) is 0 Å². The number of halogens is 2. The Kier molecular flexibility index (Phi) is 2.71. The van der Waals surface area contributed by atoms with Crippen molar-refractivity contribution in [2.24, 2.45) is 0 Å². The molecule has 15 heavy (non-hydrogen) atoms. The second-order valence-electron chi connectivity index (χ2n) is 3.21. The summed E-state index contributed by atoms with van der Waals surface area (Å²) in [6.07, 6.45) is 0. The van der Waals surface area contributed by atoms with Crippen molar-refractivity contribution in [1.82, 2.24) is 10.2 Å². The molecule has 78 valence electrons. The van der Waals surface area contributed by atoms with Crippen LogP contribution in [0.5, 0.6) is 0 Å². The number of nitrogens with two attached hydrogens (primary N) is 1. The largest absolute Gasteiger partial charge is 0.382 e. The van der Waals surface area contributed by atoms with Gasteiger partial charge in [-0.1, -0.05) is 23.7 Å². The molecule has 0 saturated carbocycles. The first-order chi connectivity index (χ1) is 7.11. The van der Waals surface area contributed by atoms with Crippen molar-refractivity contribution in [2.75, 3.05) is 5.73 Å². The summed E-state index contributed by atoms with van der Waals surface area (Å²) in [6, 6.07) is 5.73. The maximum absolute atomic E-state index is 6.17. The van der Waals surface area contributed by atoms with Crippen molar-refractivity contribution >= 4 is 33.3 Å². The Bertz CT molecular complexity index is 507. The maximum Gasteiger partial charge on any atom is 0.148 e. The molecule has 1 heterocycles. The molecule has 0 atom stereocenters. The van der Waals surface area contributed by atoms with E-state index in [0.717, 1.165) is 21.3 Å². The molecule has 0 bridgehead atoms. The number of nitrogen functional groups attached to an aromatic ring is 1. The van der Waals surface area contributed by atoms with E-state index in [1.807, 2.05) is 25.1 Å². The third kappa shape index (κ3) is 1.75. The number of hydrogen-bond donors (Lipinski definition) is 2. The Morgan fingerprint density at radius 2 is 2.20 bits per heavy atom. The Labute approximate surface area is 101 Å². The molecule has 0 aliphatic rings. The van der Waals surface area contributed by atoms with Gasteiger partial charge in [-0.2, -0.15) is 5.10 Å². The Morgan fingerprint density at radius 1 is 1.47 bits per heavy atom. The third-order valence-electron chi connectivity index (χ3n) is 2.27. The molecule has 1 aromatic heterocycles. The van der Waals surface area contributed by atoms with Crippen LogP contribution in [-0.4, -0.2) is 10.2 Å². The van der Waals surface area contributed by atoms with Gasteiger partial charge >= 0.3 is 0 Å². The van der Waals surface area contributed by atoms with Gasteiger partial charge in [0, 0.05) is 15.6 Å². The quantitative estimate of drug-likeness (QED) is 0.844. The molecule has 0 fully saturated rings. The van der Waals surface area contributed by atoms with Gasteiger partial charge in [0.05, 0.1) is 10.7 Å². The van der Waals surface area contributed by atoms with Crippen LogP contribution in [0, 0.1) is 6.92 Å². The molecule has 0 aliphatic carbocycles. The fraction of sp³-hybridized carbons (Fsp3) is 0.100. The minimum atomic E-state index is 0.501. The van der Waals surface area contributed by atoms with Crippen LogP contribution in [0.2, 0.25) is 5.02 Å². The molecule has 0 amide bonds. The standard InChI is InChI=1S/C10H9BrClN3/c1-5-9(14-15-10(5)13)6-3-2-4-7(11)8(6)12/h2-4H,1H3,(H3,13,14,15). The zero-order valence-electron chi connectivity index (χ0n) is 8.01. The molecular weight excluding hydrogens is 277 g/mol. The molecule has 0 radical (unpaired) electrons. The van der Waals surface area contributed by atoms with E-state index in [-0.39, 0.29) is 0 Å². The molecular formula is C10H9BrClN3. The zero-order valence-corrected chi connectivity index (χ0v) is 10.4. The van der Waals surface area contributed by atoms with Crippen LogP contribution in [0.25, 0.3) is 11.3 Å². The molecule has 3 N–H and O–H groups in total. The van der Waals surface area contributed by atoms with Crippen molar-refractivity contribution in [2.45, 2.75) is 6.92 Å². The Morgan fingerprint density at radius 3 is 2.80 bits per heavy atom. The van der Waals surface area contributed by atoms with Gasteiger partial charge in [-0.15, -0.1) is 0 Å². The van der Waals surface area contributed by atoms with Crippen LogP contribution in [-0.2, 0) is 0 Å². The molecule has 3 nitrogen and oxygen atoms in total. The minimum Gasteiger partial charge on any atom is -0.382 e. The molecule has 2 aromatic rings. The number of anilines is 1. The Hall–Kier alpha value is -1.000. The first-order valence-corrected chi connectivity index (χ1v) is 5.53. The molecule has 2 rings (SSSR count). The molecule has 1 aromatic carbocycles. The van der Waals surface area contributed by atoms with Gasteiger partial charge in [0.2, 0.25) is 0 Å². The van der Waals surface area contributed by atoms with E-state index >= 15 is 0 Å². The summed E-state index contributed by atoms with van der Waals surface area (Å²) in [6.45, 7) is 1.91. The van der Waals surface area contributed by atoms with Gasteiger partial charge in [0.15, 0.2) is 0 Å². The summed E-state index contributed by atoms with van der Waals surface area (Å²) < 4.78 is 0.856. The predicted molar refractivity (Wildman–Crippen MR) is 65.9 cm³/mol. The van der Waals surface area contributed by atoms with Crippen molar-refractivity contribution in [3.05, 3.63) is 33.3 Å². The summed E-state index contributed by atoms with van der Waals surface area (Å²) in [5.74, 6) is 0.501. The van der Waals surface area contributed by atoms with E-state index in [9.17, 15) is 0 Å². The number of H-pyrrole nitrogens is 1. The van der Waals surface area contributed by atoms with E-state index < -0.39 is 0 Å². The summed E-state index contributed by atoms with van der Waals surface area (Å²) in [5, 5.41) is 7.48. The Balaban J connectivity index is 2.64. The topological polar surface area (TPSA) is 54.7 Å². The summed E-state index contributed by atoms with van der Waals surface area (Å²) in [7, 11) is 0. The number of aromatic amines is 1. The van der Waals surface area contributed by atoms with Crippen molar-refractivity contribution in [3.8, 4) is 11.3 Å². The lowest BCUT2D eigenvalue weighted by molar-refractivity contribution is 1.10. The number of benzene rings is 1. The lowest BCUT2D eigenvalue weighted by Gasteiger charge is -2.04. The summed E-state index contributed by atoms with van der Waals surface area (Å²) in [4.78, 5) is 0. The zero-order chi connectivity index (χ0) is 11.0. The molecule has 5 heteroatoms. The van der Waals surface area contributed by atoms with Gasteiger partial charge < -0.3 is 5.73 Å². The van der Waals surface area contributed by atoms with Crippen molar-refractivity contribution < 1.29 is 0 Å². The highest BCUT2D eigenvalue weighted by molar-refractivity contribution is 9.10. The number of aromatic nitrogens is 2. The van der Waals surface area contributed by atoms with Gasteiger partial charge in [0.25, 0.3) is 0 Å². The number of nitrogens with zero attached hydrogens (tertiary/aromatic N) is 1. The molecule has 0 aliphatic heterocycles. The number of nitrogens with one attached hydrogen (secondary N) is 1. The van der Waals surface area contributed by atoms with E-state index in [2.05, 4.69) is 26.1 Å². The lowest BCUT2D eigenvalue weighted by Crippen LogP contribution is -1.87.